The molecule has 106 valence electrons. The van der Waals surface area contributed by atoms with E-state index in [0.717, 1.165) is 5.56 Å². The Morgan fingerprint density at radius 1 is 1.40 bits per heavy atom. The summed E-state index contributed by atoms with van der Waals surface area (Å²) in [6, 6.07) is 0.775. The van der Waals surface area contributed by atoms with Gasteiger partial charge >= 0.3 is 6.03 Å². The van der Waals surface area contributed by atoms with Crippen LogP contribution in [0.15, 0.2) is 12.3 Å². The van der Waals surface area contributed by atoms with Crippen LogP contribution in [0.1, 0.15) is 28.5 Å². The van der Waals surface area contributed by atoms with Gasteiger partial charge in [-0.15, -0.1) is 0 Å². The van der Waals surface area contributed by atoms with E-state index in [2.05, 4.69) is 10.6 Å². The van der Waals surface area contributed by atoms with Crippen molar-refractivity contribution in [3.8, 4) is 0 Å². The quantitative estimate of drug-likeness (QED) is 0.601. The average molecular weight is 276 g/mol. The fourth-order valence-electron chi connectivity index (χ4n) is 3.82. The fraction of sp³-hybridized carbons (Fsp3) is 0.538. The van der Waals surface area contributed by atoms with Crippen LogP contribution in [0.3, 0.4) is 0 Å². The first-order valence-electron chi connectivity index (χ1n) is 6.68. The second-order valence-electron chi connectivity index (χ2n) is 5.89. The van der Waals surface area contributed by atoms with Gasteiger partial charge in [-0.25, -0.2) is 4.79 Å². The van der Waals surface area contributed by atoms with E-state index in [-0.39, 0.29) is 24.0 Å². The zero-order chi connectivity index (χ0) is 14.2. The summed E-state index contributed by atoms with van der Waals surface area (Å²) in [6.45, 7) is 1.89. The highest BCUT2D eigenvalue weighted by Gasteiger charge is 2.63. The maximum atomic E-state index is 12.2. The van der Waals surface area contributed by atoms with Crippen LogP contribution in [-0.4, -0.2) is 51.4 Å². The highest BCUT2D eigenvalue weighted by Crippen LogP contribution is 2.45. The molecule has 7 nitrogen and oxygen atoms in total. The Morgan fingerprint density at radius 2 is 2.15 bits per heavy atom. The SMILES string of the molecule is Cc1ccn2c1C(=O)N[C@@H]1[C@H]2C[C@]2(O)[C@H]1NC(=O)N2C. The number of nitrogens with zero attached hydrogens (tertiary/aromatic N) is 2. The Bertz CT molecular complexity index is 640. The number of likely N-dealkylation sites (N-methyl/N-ethyl adjacent to an activating group) is 1. The summed E-state index contributed by atoms with van der Waals surface area (Å²) < 4.78 is 1.93. The number of aryl methyl sites for hydroxylation is 1. The molecule has 3 heterocycles. The van der Waals surface area contributed by atoms with Crippen LogP contribution >= 0.6 is 0 Å². The second-order valence-corrected chi connectivity index (χ2v) is 5.89. The van der Waals surface area contributed by atoms with Crippen LogP contribution in [0.2, 0.25) is 0 Å². The van der Waals surface area contributed by atoms with Crippen molar-refractivity contribution >= 4 is 11.9 Å². The van der Waals surface area contributed by atoms with E-state index in [9.17, 15) is 14.7 Å². The minimum atomic E-state index is -1.25. The summed E-state index contributed by atoms with van der Waals surface area (Å²) in [5, 5.41) is 16.5. The third-order valence-electron chi connectivity index (χ3n) is 4.93. The third-order valence-corrected chi connectivity index (χ3v) is 4.93. The van der Waals surface area contributed by atoms with Gasteiger partial charge in [-0.2, -0.15) is 0 Å². The zero-order valence-corrected chi connectivity index (χ0v) is 11.3. The number of amides is 3. The minimum Gasteiger partial charge on any atom is -0.368 e. The molecule has 0 bridgehead atoms. The van der Waals surface area contributed by atoms with Gasteiger partial charge in [0.25, 0.3) is 5.91 Å². The van der Waals surface area contributed by atoms with Crippen LogP contribution < -0.4 is 10.6 Å². The molecule has 1 aromatic heterocycles. The summed E-state index contributed by atoms with van der Waals surface area (Å²) in [6.07, 6.45) is 2.28. The molecule has 1 aromatic rings. The monoisotopic (exact) mass is 276 g/mol. The van der Waals surface area contributed by atoms with Gasteiger partial charge < -0.3 is 20.3 Å². The van der Waals surface area contributed by atoms with Crippen LogP contribution in [0.5, 0.6) is 0 Å². The van der Waals surface area contributed by atoms with Crippen LogP contribution in [0.25, 0.3) is 0 Å². The zero-order valence-electron chi connectivity index (χ0n) is 11.3. The lowest BCUT2D eigenvalue weighted by molar-refractivity contribution is -0.0561. The molecule has 20 heavy (non-hydrogen) atoms. The van der Waals surface area contributed by atoms with E-state index in [0.29, 0.717) is 12.1 Å². The number of fused-ring (bicyclic) bond motifs is 5. The van der Waals surface area contributed by atoms with Crippen LogP contribution in [-0.2, 0) is 0 Å². The third kappa shape index (κ3) is 1.14. The van der Waals surface area contributed by atoms with Gasteiger partial charge in [-0.05, 0) is 18.6 Å². The minimum absolute atomic E-state index is 0.0468. The molecule has 7 heteroatoms. The Balaban J connectivity index is 1.82. The van der Waals surface area contributed by atoms with Crippen molar-refractivity contribution in [3.63, 3.8) is 0 Å². The van der Waals surface area contributed by atoms with Crippen LogP contribution in [0, 0.1) is 6.92 Å². The molecule has 2 fully saturated rings. The van der Waals surface area contributed by atoms with Crippen molar-refractivity contribution in [2.75, 3.05) is 7.05 Å². The average Bonchev–Trinajstić information content (AvgIpc) is 2.97. The van der Waals surface area contributed by atoms with E-state index in [1.165, 1.54) is 4.90 Å². The van der Waals surface area contributed by atoms with Crippen molar-refractivity contribution in [3.05, 3.63) is 23.5 Å². The normalized spacial score (nSPS) is 38.1. The Labute approximate surface area is 115 Å². The number of urea groups is 1. The molecule has 4 rings (SSSR count). The topological polar surface area (TPSA) is 86.6 Å². The maximum absolute atomic E-state index is 12.2. The van der Waals surface area contributed by atoms with E-state index in [1.807, 2.05) is 23.8 Å². The van der Waals surface area contributed by atoms with Crippen molar-refractivity contribution < 1.29 is 14.7 Å². The summed E-state index contributed by atoms with van der Waals surface area (Å²) in [5.74, 6) is -0.151. The molecule has 3 amide bonds. The Kier molecular flexibility index (Phi) is 1.97. The molecule has 0 aromatic carbocycles. The van der Waals surface area contributed by atoms with Crippen molar-refractivity contribution in [1.82, 2.24) is 20.1 Å². The number of rotatable bonds is 0. The Hall–Kier alpha value is -2.02. The molecule has 0 spiro atoms. The standard InChI is InChI=1S/C13H16N4O3/c1-6-3-4-17-7-5-13(20)10(15-12(19)16(13)2)8(7)14-11(18)9(6)17/h3-4,7-8,10,20H,5H2,1-2H3,(H,14,18)(H,15,19)/t7-,8-,10+,13+/m1/s1. The molecule has 2 aliphatic heterocycles. The van der Waals surface area contributed by atoms with Crippen molar-refractivity contribution in [2.24, 2.45) is 0 Å². The molecular formula is C13H16N4O3. The van der Waals surface area contributed by atoms with Crippen LogP contribution in [0.4, 0.5) is 4.79 Å². The molecule has 1 saturated heterocycles. The fourth-order valence-corrected chi connectivity index (χ4v) is 3.82. The van der Waals surface area contributed by atoms with Gasteiger partial charge in [0.1, 0.15) is 11.7 Å². The number of aromatic nitrogens is 1. The van der Waals surface area contributed by atoms with Gasteiger partial charge in [0, 0.05) is 19.7 Å². The van der Waals surface area contributed by atoms with E-state index in [1.54, 1.807) is 7.05 Å². The largest absolute Gasteiger partial charge is 0.368 e. The first kappa shape index (κ1) is 11.8. The van der Waals surface area contributed by atoms with Gasteiger partial charge in [-0.3, -0.25) is 9.69 Å². The number of carbonyl (C=O) groups is 2. The molecule has 3 N–H and O–H groups in total. The van der Waals surface area contributed by atoms with E-state index in [4.69, 9.17) is 0 Å². The Morgan fingerprint density at radius 3 is 2.90 bits per heavy atom. The van der Waals surface area contributed by atoms with Crippen molar-refractivity contribution in [2.45, 2.75) is 37.2 Å². The van der Waals surface area contributed by atoms with Gasteiger partial charge in [0.2, 0.25) is 0 Å². The number of aliphatic hydroxyl groups is 1. The van der Waals surface area contributed by atoms with Gasteiger partial charge in [0.15, 0.2) is 5.72 Å². The molecule has 0 unspecified atom stereocenters. The molecule has 0 radical (unpaired) electrons. The summed E-state index contributed by atoms with van der Waals surface area (Å²) >= 11 is 0. The lowest BCUT2D eigenvalue weighted by atomic mass is 10.0. The van der Waals surface area contributed by atoms with Gasteiger partial charge in [-0.1, -0.05) is 0 Å². The predicted molar refractivity (Wildman–Crippen MR) is 69.1 cm³/mol. The lowest BCUT2D eigenvalue weighted by Gasteiger charge is -2.31. The first-order chi connectivity index (χ1) is 9.43. The number of carbonyl (C=O) groups excluding carboxylic acids is 2. The maximum Gasteiger partial charge on any atom is 0.319 e. The highest BCUT2D eigenvalue weighted by molar-refractivity contribution is 5.95. The van der Waals surface area contributed by atoms with Crippen molar-refractivity contribution in [1.29, 1.82) is 0 Å². The first-order valence-corrected chi connectivity index (χ1v) is 6.68. The number of nitrogens with one attached hydrogen (secondary N) is 2. The highest BCUT2D eigenvalue weighted by atomic mass is 16.3. The molecule has 1 saturated carbocycles. The molecule has 1 aliphatic carbocycles. The molecule has 4 atom stereocenters. The molecular weight excluding hydrogens is 260 g/mol. The van der Waals surface area contributed by atoms with E-state index >= 15 is 0 Å². The predicted octanol–water partition coefficient (Wildman–Crippen LogP) is -0.434. The smallest absolute Gasteiger partial charge is 0.319 e. The summed E-state index contributed by atoms with van der Waals surface area (Å²) in [4.78, 5) is 25.3. The second kappa shape index (κ2) is 3.35. The lowest BCUT2D eigenvalue weighted by Crippen LogP contribution is -2.56. The number of hydrogen-bond acceptors (Lipinski definition) is 3. The summed E-state index contributed by atoms with van der Waals surface area (Å²) in [7, 11) is 1.58. The van der Waals surface area contributed by atoms with E-state index < -0.39 is 11.8 Å². The summed E-state index contributed by atoms with van der Waals surface area (Å²) in [5.41, 5.74) is 0.311. The van der Waals surface area contributed by atoms with Gasteiger partial charge in [0.05, 0.1) is 12.1 Å². The number of hydrogen-bond donors (Lipinski definition) is 3. The molecule has 3 aliphatic rings.